The largest absolute Gasteiger partial charge is 0.416 e. The topological polar surface area (TPSA) is 94.7 Å². The quantitative estimate of drug-likeness (QED) is 0.491. The number of aromatic nitrogens is 5. The van der Waals surface area contributed by atoms with Crippen molar-refractivity contribution in [1.82, 2.24) is 24.5 Å². The molecule has 2 heterocycles. The molecule has 8 nitrogen and oxygen atoms in total. The SMILES string of the molecule is O=C(Cn1cnc2c(nnn2Cc2ccc(Cl)cc2)c1=O)Nc1ccc(C(F)(F)F)cc1. The second kappa shape index (κ2) is 8.42. The van der Waals surface area contributed by atoms with Gasteiger partial charge in [0.1, 0.15) is 12.9 Å². The summed E-state index contributed by atoms with van der Waals surface area (Å²) in [6.07, 6.45) is -3.28. The summed E-state index contributed by atoms with van der Waals surface area (Å²) in [6, 6.07) is 11.0. The van der Waals surface area contributed by atoms with Crippen molar-refractivity contribution in [3.8, 4) is 0 Å². The van der Waals surface area contributed by atoms with Crippen LogP contribution in [0.5, 0.6) is 0 Å². The van der Waals surface area contributed by atoms with Crippen LogP contribution in [0.2, 0.25) is 5.02 Å². The molecule has 2 aromatic heterocycles. The smallest absolute Gasteiger partial charge is 0.325 e. The van der Waals surface area contributed by atoms with Crippen LogP contribution in [-0.4, -0.2) is 30.5 Å². The van der Waals surface area contributed by atoms with E-state index in [1.165, 1.54) is 11.0 Å². The van der Waals surface area contributed by atoms with Crippen LogP contribution in [0.15, 0.2) is 59.7 Å². The Morgan fingerprint density at radius 3 is 2.41 bits per heavy atom. The maximum atomic E-state index is 12.7. The monoisotopic (exact) mass is 462 g/mol. The molecule has 0 fully saturated rings. The number of halogens is 4. The minimum atomic E-state index is -4.47. The highest BCUT2D eigenvalue weighted by Gasteiger charge is 2.30. The lowest BCUT2D eigenvalue weighted by molar-refractivity contribution is -0.137. The number of hydrogen-bond donors (Lipinski definition) is 1. The number of nitrogens with one attached hydrogen (secondary N) is 1. The number of rotatable bonds is 5. The van der Waals surface area contributed by atoms with Crippen molar-refractivity contribution in [1.29, 1.82) is 0 Å². The van der Waals surface area contributed by atoms with Crippen LogP contribution >= 0.6 is 11.6 Å². The van der Waals surface area contributed by atoms with E-state index in [1.54, 1.807) is 12.1 Å². The summed E-state index contributed by atoms with van der Waals surface area (Å²) in [4.78, 5) is 29.1. The normalized spacial score (nSPS) is 11.6. The lowest BCUT2D eigenvalue weighted by Crippen LogP contribution is -2.28. The van der Waals surface area contributed by atoms with E-state index in [0.29, 0.717) is 11.6 Å². The lowest BCUT2D eigenvalue weighted by atomic mass is 10.2. The Labute approximate surface area is 183 Å². The third-order valence-electron chi connectivity index (χ3n) is 4.55. The third-order valence-corrected chi connectivity index (χ3v) is 4.80. The Morgan fingerprint density at radius 1 is 1.06 bits per heavy atom. The molecule has 0 aliphatic rings. The molecule has 32 heavy (non-hydrogen) atoms. The van der Waals surface area contributed by atoms with Crippen LogP contribution in [0.4, 0.5) is 18.9 Å². The van der Waals surface area contributed by atoms with E-state index in [9.17, 15) is 22.8 Å². The number of carbonyl (C=O) groups excluding carboxylic acids is 1. The molecule has 164 valence electrons. The van der Waals surface area contributed by atoms with Crippen molar-refractivity contribution in [3.63, 3.8) is 0 Å². The first kappa shape index (κ1) is 21.5. The molecule has 0 aliphatic carbocycles. The molecule has 0 aliphatic heterocycles. The summed E-state index contributed by atoms with van der Waals surface area (Å²) < 4.78 is 40.4. The number of carbonyl (C=O) groups is 1. The molecule has 12 heteroatoms. The third kappa shape index (κ3) is 4.62. The first-order valence-corrected chi connectivity index (χ1v) is 9.59. The first-order chi connectivity index (χ1) is 15.2. The van der Waals surface area contributed by atoms with E-state index in [4.69, 9.17) is 11.6 Å². The summed E-state index contributed by atoms with van der Waals surface area (Å²) in [5.41, 5.74) is -0.113. The molecule has 1 N–H and O–H groups in total. The second-order valence-electron chi connectivity index (χ2n) is 6.85. The van der Waals surface area contributed by atoms with Gasteiger partial charge in [0.05, 0.1) is 12.1 Å². The van der Waals surface area contributed by atoms with Crippen molar-refractivity contribution >= 4 is 34.4 Å². The Morgan fingerprint density at radius 2 is 1.75 bits per heavy atom. The average molecular weight is 463 g/mol. The highest BCUT2D eigenvalue weighted by molar-refractivity contribution is 6.30. The van der Waals surface area contributed by atoms with E-state index in [-0.39, 0.29) is 16.9 Å². The lowest BCUT2D eigenvalue weighted by Gasteiger charge is -2.09. The van der Waals surface area contributed by atoms with Crippen LogP contribution in [0.1, 0.15) is 11.1 Å². The van der Waals surface area contributed by atoms with Gasteiger partial charge in [0.2, 0.25) is 5.91 Å². The van der Waals surface area contributed by atoms with Crippen molar-refractivity contribution in [3.05, 3.63) is 81.4 Å². The van der Waals surface area contributed by atoms with E-state index in [0.717, 1.165) is 34.4 Å². The highest BCUT2D eigenvalue weighted by Crippen LogP contribution is 2.29. The molecule has 0 bridgehead atoms. The Hall–Kier alpha value is -3.73. The van der Waals surface area contributed by atoms with Crippen molar-refractivity contribution < 1.29 is 18.0 Å². The molecule has 0 atom stereocenters. The maximum Gasteiger partial charge on any atom is 0.416 e. The minimum Gasteiger partial charge on any atom is -0.325 e. The number of fused-ring (bicyclic) bond motifs is 1. The Bertz CT molecular complexity index is 1330. The minimum absolute atomic E-state index is 0.0104. The van der Waals surface area contributed by atoms with Gasteiger partial charge in [-0.2, -0.15) is 13.2 Å². The van der Waals surface area contributed by atoms with E-state index in [2.05, 4.69) is 20.6 Å². The first-order valence-electron chi connectivity index (χ1n) is 9.21. The van der Waals surface area contributed by atoms with Crippen molar-refractivity contribution in [2.75, 3.05) is 5.32 Å². The Balaban J connectivity index is 1.49. The van der Waals surface area contributed by atoms with E-state index < -0.39 is 29.8 Å². The predicted molar refractivity (Wildman–Crippen MR) is 110 cm³/mol. The number of benzene rings is 2. The van der Waals surface area contributed by atoms with Crippen molar-refractivity contribution in [2.45, 2.75) is 19.3 Å². The zero-order chi connectivity index (χ0) is 22.9. The van der Waals surface area contributed by atoms with Crippen LogP contribution < -0.4 is 10.9 Å². The molecule has 0 spiro atoms. The summed E-state index contributed by atoms with van der Waals surface area (Å²) in [6.45, 7) is -0.0780. The fourth-order valence-corrected chi connectivity index (χ4v) is 3.09. The molecule has 0 saturated heterocycles. The highest BCUT2D eigenvalue weighted by atomic mass is 35.5. The molecular weight excluding hydrogens is 449 g/mol. The zero-order valence-electron chi connectivity index (χ0n) is 16.2. The summed E-state index contributed by atoms with van der Waals surface area (Å²) in [5.74, 6) is -0.610. The van der Waals surface area contributed by atoms with Crippen LogP contribution in [-0.2, 0) is 24.1 Å². The van der Waals surface area contributed by atoms with Gasteiger partial charge in [-0.15, -0.1) is 5.10 Å². The molecule has 2 aromatic carbocycles. The van der Waals surface area contributed by atoms with E-state index >= 15 is 0 Å². The zero-order valence-corrected chi connectivity index (χ0v) is 16.9. The number of alkyl halides is 3. The Kier molecular flexibility index (Phi) is 5.66. The van der Waals surface area contributed by atoms with Gasteiger partial charge in [0.15, 0.2) is 11.2 Å². The van der Waals surface area contributed by atoms with Crippen LogP contribution in [0.3, 0.4) is 0 Å². The standard InChI is InChI=1S/C20H14ClF3N6O2/c21-14-5-1-12(2-6-14)9-30-18-17(27-28-30)19(32)29(11-25-18)10-16(31)26-15-7-3-13(4-8-15)20(22,23)24/h1-8,11H,9-10H2,(H,26,31). The van der Waals surface area contributed by atoms with Gasteiger partial charge in [0, 0.05) is 10.7 Å². The van der Waals surface area contributed by atoms with Crippen LogP contribution in [0.25, 0.3) is 11.2 Å². The molecule has 4 rings (SSSR count). The molecule has 0 radical (unpaired) electrons. The summed E-state index contributed by atoms with van der Waals surface area (Å²) in [7, 11) is 0. The van der Waals surface area contributed by atoms with Gasteiger partial charge in [-0.3, -0.25) is 14.2 Å². The van der Waals surface area contributed by atoms with Gasteiger partial charge >= 0.3 is 6.18 Å². The van der Waals surface area contributed by atoms with E-state index in [1.807, 2.05) is 12.1 Å². The fraction of sp³-hybridized carbons (Fsp3) is 0.150. The number of anilines is 1. The maximum absolute atomic E-state index is 12.7. The second-order valence-corrected chi connectivity index (χ2v) is 7.28. The predicted octanol–water partition coefficient (Wildman–Crippen LogP) is 3.35. The average Bonchev–Trinajstić information content (AvgIpc) is 3.15. The molecule has 1 amide bonds. The van der Waals surface area contributed by atoms with Crippen molar-refractivity contribution in [2.24, 2.45) is 0 Å². The summed E-state index contributed by atoms with van der Waals surface area (Å²) >= 11 is 5.88. The fourth-order valence-electron chi connectivity index (χ4n) is 2.97. The molecular formula is C20H14ClF3N6O2. The van der Waals surface area contributed by atoms with Gasteiger partial charge in [-0.25, -0.2) is 9.67 Å². The van der Waals surface area contributed by atoms with Gasteiger partial charge < -0.3 is 5.32 Å². The van der Waals surface area contributed by atoms with Gasteiger partial charge in [-0.1, -0.05) is 28.9 Å². The molecule has 4 aromatic rings. The number of nitrogens with zero attached hydrogens (tertiary/aromatic N) is 5. The van der Waals surface area contributed by atoms with Crippen LogP contribution in [0, 0.1) is 0 Å². The number of amides is 1. The van der Waals surface area contributed by atoms with Gasteiger partial charge in [-0.05, 0) is 42.0 Å². The molecule has 0 saturated carbocycles. The molecule has 0 unspecified atom stereocenters. The number of hydrogen-bond acceptors (Lipinski definition) is 5. The summed E-state index contributed by atoms with van der Waals surface area (Å²) in [5, 5.41) is 10.9. The van der Waals surface area contributed by atoms with Gasteiger partial charge in [0.25, 0.3) is 5.56 Å².